The number of aryl methyl sites for hydroxylation is 1. The smallest absolute Gasteiger partial charge is 0.161 e. The minimum Gasteiger partial charge on any atom is -0.493 e. The van der Waals surface area contributed by atoms with Gasteiger partial charge in [-0.3, -0.25) is 4.68 Å². The van der Waals surface area contributed by atoms with Gasteiger partial charge in [-0.2, -0.15) is 5.10 Å². The van der Waals surface area contributed by atoms with Crippen molar-refractivity contribution in [3.8, 4) is 5.75 Å². The van der Waals surface area contributed by atoms with Crippen LogP contribution in [0.3, 0.4) is 0 Å². The van der Waals surface area contributed by atoms with Gasteiger partial charge < -0.3 is 10.5 Å². The van der Waals surface area contributed by atoms with E-state index in [-0.39, 0.29) is 6.04 Å². The number of hydrogen-bond donors (Lipinski definition) is 1. The Kier molecular flexibility index (Phi) is 3.72. The quantitative estimate of drug-likeness (QED) is 0.877. The van der Waals surface area contributed by atoms with Crippen LogP contribution in [-0.2, 0) is 7.05 Å². The van der Waals surface area contributed by atoms with Crippen LogP contribution in [0.1, 0.15) is 44.3 Å². The molecule has 2 N–H and O–H groups in total. The lowest BCUT2D eigenvalue weighted by Crippen LogP contribution is -2.27. The van der Waals surface area contributed by atoms with Gasteiger partial charge in [-0.15, -0.1) is 0 Å². The summed E-state index contributed by atoms with van der Waals surface area (Å²) in [7, 11) is 3.61. The molecular formula is C13H23N3O. The van der Waals surface area contributed by atoms with Gasteiger partial charge in [-0.05, 0) is 24.7 Å². The molecule has 0 bridgehead atoms. The first-order valence-corrected chi connectivity index (χ1v) is 6.45. The van der Waals surface area contributed by atoms with Gasteiger partial charge in [0, 0.05) is 7.05 Å². The number of aromatic nitrogens is 2. The number of nitrogens with zero attached hydrogens (tertiary/aromatic N) is 2. The lowest BCUT2D eigenvalue weighted by atomic mass is 9.78. The highest BCUT2D eigenvalue weighted by Gasteiger charge is 2.28. The summed E-state index contributed by atoms with van der Waals surface area (Å²) in [6.45, 7) is 2.33. The van der Waals surface area contributed by atoms with Crippen LogP contribution in [0.4, 0.5) is 0 Å². The molecule has 4 nitrogen and oxygen atoms in total. The van der Waals surface area contributed by atoms with E-state index in [4.69, 9.17) is 10.5 Å². The van der Waals surface area contributed by atoms with Gasteiger partial charge >= 0.3 is 0 Å². The van der Waals surface area contributed by atoms with E-state index in [1.54, 1.807) is 13.3 Å². The first-order valence-electron chi connectivity index (χ1n) is 6.45. The normalized spacial score (nSPS) is 26.8. The molecule has 2 rings (SSSR count). The third kappa shape index (κ3) is 2.46. The average molecular weight is 237 g/mol. The Hall–Kier alpha value is -1.03. The average Bonchev–Trinajstić information content (AvgIpc) is 2.70. The highest BCUT2D eigenvalue weighted by molar-refractivity contribution is 5.28. The summed E-state index contributed by atoms with van der Waals surface area (Å²) >= 11 is 0. The number of methoxy groups -OCH3 is 1. The van der Waals surface area contributed by atoms with Crippen molar-refractivity contribution in [2.45, 2.75) is 38.6 Å². The van der Waals surface area contributed by atoms with Crippen molar-refractivity contribution in [2.24, 2.45) is 24.6 Å². The van der Waals surface area contributed by atoms with Crippen LogP contribution in [0.5, 0.6) is 5.75 Å². The Morgan fingerprint density at radius 2 is 2.06 bits per heavy atom. The molecule has 0 spiro atoms. The number of rotatable bonds is 3. The highest BCUT2D eigenvalue weighted by Crippen LogP contribution is 2.37. The molecule has 1 saturated carbocycles. The molecule has 1 aliphatic carbocycles. The van der Waals surface area contributed by atoms with Crippen molar-refractivity contribution in [1.29, 1.82) is 0 Å². The summed E-state index contributed by atoms with van der Waals surface area (Å²) < 4.78 is 7.18. The van der Waals surface area contributed by atoms with E-state index >= 15 is 0 Å². The van der Waals surface area contributed by atoms with E-state index in [1.165, 1.54) is 25.7 Å². The second kappa shape index (κ2) is 5.08. The van der Waals surface area contributed by atoms with Crippen LogP contribution < -0.4 is 10.5 Å². The highest BCUT2D eigenvalue weighted by atomic mass is 16.5. The van der Waals surface area contributed by atoms with Crippen LogP contribution in [0, 0.1) is 11.8 Å². The van der Waals surface area contributed by atoms with E-state index in [9.17, 15) is 0 Å². The summed E-state index contributed by atoms with van der Waals surface area (Å²) in [4.78, 5) is 0. The lowest BCUT2D eigenvalue weighted by Gasteiger charge is -2.30. The minimum atomic E-state index is 0.0462. The van der Waals surface area contributed by atoms with Gasteiger partial charge in [-0.25, -0.2) is 0 Å². The fraction of sp³-hybridized carbons (Fsp3) is 0.769. The molecule has 1 aromatic heterocycles. The van der Waals surface area contributed by atoms with Crippen LogP contribution in [-0.4, -0.2) is 16.9 Å². The van der Waals surface area contributed by atoms with Gasteiger partial charge in [-0.1, -0.05) is 19.8 Å². The van der Waals surface area contributed by atoms with Crippen molar-refractivity contribution < 1.29 is 4.74 Å². The van der Waals surface area contributed by atoms with Crippen molar-refractivity contribution in [3.05, 3.63) is 11.9 Å². The van der Waals surface area contributed by atoms with Crippen LogP contribution >= 0.6 is 0 Å². The maximum Gasteiger partial charge on any atom is 0.161 e. The number of ether oxygens (including phenoxy) is 1. The second-order valence-electron chi connectivity index (χ2n) is 5.27. The van der Waals surface area contributed by atoms with E-state index in [0.717, 1.165) is 17.4 Å². The Balaban J connectivity index is 2.13. The SMILES string of the molecule is COc1cnn(C)c1C(N)C1CCC(C)CC1. The molecular weight excluding hydrogens is 214 g/mol. The van der Waals surface area contributed by atoms with Crippen LogP contribution in [0.2, 0.25) is 0 Å². The minimum absolute atomic E-state index is 0.0462. The predicted octanol–water partition coefficient (Wildman–Crippen LogP) is 2.25. The summed E-state index contributed by atoms with van der Waals surface area (Å²) in [6.07, 6.45) is 6.77. The van der Waals surface area contributed by atoms with Gasteiger partial charge in [0.15, 0.2) is 5.75 Å². The second-order valence-corrected chi connectivity index (χ2v) is 5.27. The largest absolute Gasteiger partial charge is 0.493 e. The third-order valence-electron chi connectivity index (χ3n) is 4.05. The molecule has 1 fully saturated rings. The zero-order valence-corrected chi connectivity index (χ0v) is 11.0. The van der Waals surface area contributed by atoms with Crippen molar-refractivity contribution in [2.75, 3.05) is 7.11 Å². The summed E-state index contributed by atoms with van der Waals surface area (Å²) in [5.74, 6) is 2.24. The fourth-order valence-corrected chi connectivity index (χ4v) is 2.83. The van der Waals surface area contributed by atoms with Crippen molar-refractivity contribution >= 4 is 0 Å². The van der Waals surface area contributed by atoms with E-state index in [1.807, 2.05) is 11.7 Å². The monoisotopic (exact) mass is 237 g/mol. The molecule has 1 heterocycles. The molecule has 1 atom stereocenters. The zero-order chi connectivity index (χ0) is 12.4. The topological polar surface area (TPSA) is 53.1 Å². The van der Waals surface area contributed by atoms with Crippen molar-refractivity contribution in [1.82, 2.24) is 9.78 Å². The Labute approximate surface area is 103 Å². The Bertz CT molecular complexity index is 367. The van der Waals surface area contributed by atoms with Gasteiger partial charge in [0.2, 0.25) is 0 Å². The van der Waals surface area contributed by atoms with Crippen LogP contribution in [0.25, 0.3) is 0 Å². The third-order valence-corrected chi connectivity index (χ3v) is 4.05. The first kappa shape index (κ1) is 12.4. The fourth-order valence-electron chi connectivity index (χ4n) is 2.83. The summed E-state index contributed by atoms with van der Waals surface area (Å²) in [6, 6.07) is 0.0462. The Morgan fingerprint density at radius 3 is 2.65 bits per heavy atom. The maximum atomic E-state index is 6.40. The maximum absolute atomic E-state index is 6.40. The summed E-state index contributed by atoms with van der Waals surface area (Å²) in [5, 5.41) is 4.23. The standard InChI is InChI=1S/C13H23N3O/c1-9-4-6-10(7-5-9)12(14)13-11(17-3)8-15-16(13)2/h8-10,12H,4-7,14H2,1-3H3. The molecule has 0 aromatic carbocycles. The Morgan fingerprint density at radius 1 is 1.41 bits per heavy atom. The van der Waals surface area contributed by atoms with Gasteiger partial charge in [0.1, 0.15) is 0 Å². The molecule has 0 amide bonds. The van der Waals surface area contributed by atoms with Crippen molar-refractivity contribution in [3.63, 3.8) is 0 Å². The van der Waals surface area contributed by atoms with E-state index in [0.29, 0.717) is 5.92 Å². The molecule has 0 saturated heterocycles. The molecule has 17 heavy (non-hydrogen) atoms. The molecule has 1 aromatic rings. The number of hydrogen-bond acceptors (Lipinski definition) is 3. The zero-order valence-electron chi connectivity index (χ0n) is 11.0. The predicted molar refractivity (Wildman–Crippen MR) is 67.8 cm³/mol. The molecule has 0 aliphatic heterocycles. The van der Waals surface area contributed by atoms with E-state index in [2.05, 4.69) is 12.0 Å². The molecule has 0 radical (unpaired) electrons. The van der Waals surface area contributed by atoms with Gasteiger partial charge in [0.05, 0.1) is 25.0 Å². The van der Waals surface area contributed by atoms with Crippen LogP contribution in [0.15, 0.2) is 6.20 Å². The molecule has 1 unspecified atom stereocenters. The molecule has 1 aliphatic rings. The lowest BCUT2D eigenvalue weighted by molar-refractivity contribution is 0.247. The van der Waals surface area contributed by atoms with Gasteiger partial charge in [0.25, 0.3) is 0 Å². The first-order chi connectivity index (χ1) is 8.13. The summed E-state index contributed by atoms with van der Waals surface area (Å²) in [5.41, 5.74) is 7.43. The number of nitrogens with two attached hydrogens (primary N) is 1. The van der Waals surface area contributed by atoms with E-state index < -0.39 is 0 Å². The molecule has 4 heteroatoms. The molecule has 96 valence electrons.